The molecule has 0 amide bonds. The zero-order chi connectivity index (χ0) is 13.2. The number of rotatable bonds is 2. The van der Waals surface area contributed by atoms with Crippen LogP contribution in [0.2, 0.25) is 0 Å². The van der Waals surface area contributed by atoms with Crippen molar-refractivity contribution < 1.29 is 4.74 Å². The molecule has 4 nitrogen and oxygen atoms in total. The van der Waals surface area contributed by atoms with Crippen LogP contribution in [0, 0.1) is 6.92 Å². The number of hydrogen-bond donors (Lipinski definition) is 0. The lowest BCUT2D eigenvalue weighted by Crippen LogP contribution is -1.98. The zero-order valence-electron chi connectivity index (χ0n) is 10.8. The Kier molecular flexibility index (Phi) is 2.83. The smallest absolute Gasteiger partial charge is 0.318 e. The van der Waals surface area contributed by atoms with Crippen LogP contribution in [-0.2, 0) is 0 Å². The lowest BCUT2D eigenvalue weighted by Gasteiger charge is -2.07. The molecule has 0 fully saturated rings. The minimum absolute atomic E-state index is 0.337. The molecule has 0 saturated carbocycles. The molecule has 4 heteroatoms. The highest BCUT2D eigenvalue weighted by molar-refractivity contribution is 5.90. The van der Waals surface area contributed by atoms with Crippen molar-refractivity contribution in [2.75, 3.05) is 7.11 Å². The maximum atomic E-state index is 5.16. The predicted octanol–water partition coefficient (Wildman–Crippen LogP) is 3.01. The monoisotopic (exact) mass is 251 g/mol. The van der Waals surface area contributed by atoms with E-state index in [4.69, 9.17) is 4.74 Å². The van der Waals surface area contributed by atoms with Gasteiger partial charge in [-0.15, -0.1) is 0 Å². The van der Waals surface area contributed by atoms with E-state index in [1.165, 1.54) is 0 Å². The quantitative estimate of drug-likeness (QED) is 0.702. The van der Waals surface area contributed by atoms with E-state index in [-0.39, 0.29) is 0 Å². The SMILES string of the molecule is COc1nc(-c2ccccc2)c2ccc(C)nc2n1. The third kappa shape index (κ3) is 2.12. The second-order valence-electron chi connectivity index (χ2n) is 4.25. The molecule has 0 saturated heterocycles. The minimum atomic E-state index is 0.337. The van der Waals surface area contributed by atoms with E-state index in [2.05, 4.69) is 15.0 Å². The molecule has 3 rings (SSSR count). The molecule has 0 spiro atoms. The summed E-state index contributed by atoms with van der Waals surface area (Å²) in [6.45, 7) is 1.94. The van der Waals surface area contributed by atoms with Gasteiger partial charge in [-0.25, -0.2) is 4.98 Å². The first-order valence-electron chi connectivity index (χ1n) is 6.03. The number of pyridine rings is 1. The van der Waals surface area contributed by atoms with Crippen LogP contribution in [0.5, 0.6) is 6.01 Å². The molecule has 0 unspecified atom stereocenters. The van der Waals surface area contributed by atoms with E-state index < -0.39 is 0 Å². The molecule has 94 valence electrons. The molecule has 0 radical (unpaired) electrons. The number of benzene rings is 1. The highest BCUT2D eigenvalue weighted by Gasteiger charge is 2.10. The van der Waals surface area contributed by atoms with Gasteiger partial charge in [-0.05, 0) is 19.1 Å². The highest BCUT2D eigenvalue weighted by Crippen LogP contribution is 2.26. The van der Waals surface area contributed by atoms with Crippen molar-refractivity contribution >= 4 is 11.0 Å². The molecule has 2 heterocycles. The van der Waals surface area contributed by atoms with Gasteiger partial charge in [0.25, 0.3) is 0 Å². The molecule has 0 aliphatic carbocycles. The zero-order valence-corrected chi connectivity index (χ0v) is 10.8. The molecule has 0 N–H and O–H groups in total. The average molecular weight is 251 g/mol. The fraction of sp³-hybridized carbons (Fsp3) is 0.133. The Labute approximate surface area is 111 Å². The number of methoxy groups -OCH3 is 1. The molecule has 0 aliphatic heterocycles. The lowest BCUT2D eigenvalue weighted by molar-refractivity contribution is 0.382. The second-order valence-corrected chi connectivity index (χ2v) is 4.25. The number of hydrogen-bond acceptors (Lipinski definition) is 4. The summed E-state index contributed by atoms with van der Waals surface area (Å²) < 4.78 is 5.16. The minimum Gasteiger partial charge on any atom is -0.467 e. The fourth-order valence-corrected chi connectivity index (χ4v) is 1.99. The Morgan fingerprint density at radius 1 is 0.895 bits per heavy atom. The Bertz CT molecular complexity index is 726. The van der Waals surface area contributed by atoms with E-state index in [0.29, 0.717) is 11.7 Å². The third-order valence-electron chi connectivity index (χ3n) is 2.91. The summed E-state index contributed by atoms with van der Waals surface area (Å²) in [7, 11) is 1.56. The van der Waals surface area contributed by atoms with E-state index in [9.17, 15) is 0 Å². The normalized spacial score (nSPS) is 10.6. The van der Waals surface area contributed by atoms with Crippen LogP contribution in [-0.4, -0.2) is 22.1 Å². The van der Waals surface area contributed by atoms with Gasteiger partial charge in [0.2, 0.25) is 0 Å². The van der Waals surface area contributed by atoms with Crippen molar-refractivity contribution in [1.82, 2.24) is 15.0 Å². The van der Waals surface area contributed by atoms with Gasteiger partial charge in [-0.2, -0.15) is 9.97 Å². The van der Waals surface area contributed by atoms with Gasteiger partial charge in [0.15, 0.2) is 5.65 Å². The van der Waals surface area contributed by atoms with E-state index in [1.807, 2.05) is 49.4 Å². The fourth-order valence-electron chi connectivity index (χ4n) is 1.99. The molecule has 1 aromatic carbocycles. The van der Waals surface area contributed by atoms with Crippen molar-refractivity contribution in [1.29, 1.82) is 0 Å². The van der Waals surface area contributed by atoms with Crippen LogP contribution >= 0.6 is 0 Å². The van der Waals surface area contributed by atoms with Crippen LogP contribution < -0.4 is 4.74 Å². The molecular formula is C15H13N3O. The topological polar surface area (TPSA) is 47.9 Å². The van der Waals surface area contributed by atoms with Crippen molar-refractivity contribution in [3.05, 3.63) is 48.2 Å². The van der Waals surface area contributed by atoms with Crippen LogP contribution in [0.4, 0.5) is 0 Å². The molecule has 2 aromatic heterocycles. The van der Waals surface area contributed by atoms with Gasteiger partial charge in [0.1, 0.15) is 0 Å². The van der Waals surface area contributed by atoms with Crippen molar-refractivity contribution in [3.63, 3.8) is 0 Å². The van der Waals surface area contributed by atoms with Crippen LogP contribution in [0.25, 0.3) is 22.3 Å². The van der Waals surface area contributed by atoms with Gasteiger partial charge in [-0.3, -0.25) is 0 Å². The number of nitrogens with zero attached hydrogens (tertiary/aromatic N) is 3. The van der Waals surface area contributed by atoms with E-state index in [1.54, 1.807) is 7.11 Å². The summed E-state index contributed by atoms with van der Waals surface area (Å²) in [5, 5.41) is 0.928. The van der Waals surface area contributed by atoms with Gasteiger partial charge < -0.3 is 4.74 Å². The predicted molar refractivity (Wildman–Crippen MR) is 74.1 cm³/mol. The number of aryl methyl sites for hydroxylation is 1. The average Bonchev–Trinajstić information content (AvgIpc) is 2.46. The van der Waals surface area contributed by atoms with Crippen LogP contribution in [0.15, 0.2) is 42.5 Å². The lowest BCUT2D eigenvalue weighted by atomic mass is 10.1. The summed E-state index contributed by atoms with van der Waals surface area (Å²) in [5.74, 6) is 0. The van der Waals surface area contributed by atoms with Gasteiger partial charge >= 0.3 is 6.01 Å². The van der Waals surface area contributed by atoms with E-state index in [0.717, 1.165) is 22.3 Å². The molecule has 0 atom stereocenters. The maximum Gasteiger partial charge on any atom is 0.318 e. The van der Waals surface area contributed by atoms with Crippen molar-refractivity contribution in [2.24, 2.45) is 0 Å². The first kappa shape index (κ1) is 11.6. The summed E-state index contributed by atoms with van der Waals surface area (Å²) in [6, 6.07) is 14.3. The maximum absolute atomic E-state index is 5.16. The number of fused-ring (bicyclic) bond motifs is 1. The molecule has 0 bridgehead atoms. The first-order chi connectivity index (χ1) is 9.28. The Hall–Kier alpha value is -2.49. The molecule has 19 heavy (non-hydrogen) atoms. The Balaban J connectivity index is 2.33. The third-order valence-corrected chi connectivity index (χ3v) is 2.91. The van der Waals surface area contributed by atoms with Crippen molar-refractivity contribution in [3.8, 4) is 17.3 Å². The Morgan fingerprint density at radius 3 is 2.42 bits per heavy atom. The Morgan fingerprint density at radius 2 is 1.68 bits per heavy atom. The summed E-state index contributed by atoms with van der Waals surface area (Å²) in [5.41, 5.74) is 3.45. The summed E-state index contributed by atoms with van der Waals surface area (Å²) in [6.07, 6.45) is 0. The summed E-state index contributed by atoms with van der Waals surface area (Å²) in [4.78, 5) is 13.2. The van der Waals surface area contributed by atoms with Gasteiger partial charge in [-0.1, -0.05) is 30.3 Å². The standard InChI is InChI=1S/C15H13N3O/c1-10-8-9-12-13(11-6-4-3-5-7-11)17-15(19-2)18-14(12)16-10/h3-9H,1-2H3. The largest absolute Gasteiger partial charge is 0.467 e. The van der Waals surface area contributed by atoms with Crippen LogP contribution in [0.1, 0.15) is 5.69 Å². The number of ether oxygens (including phenoxy) is 1. The van der Waals surface area contributed by atoms with Crippen molar-refractivity contribution in [2.45, 2.75) is 6.92 Å². The molecular weight excluding hydrogens is 238 g/mol. The molecule has 3 aromatic rings. The van der Waals surface area contributed by atoms with Gasteiger partial charge in [0, 0.05) is 16.6 Å². The van der Waals surface area contributed by atoms with E-state index >= 15 is 0 Å². The van der Waals surface area contributed by atoms with Crippen LogP contribution in [0.3, 0.4) is 0 Å². The van der Waals surface area contributed by atoms with Gasteiger partial charge in [0.05, 0.1) is 12.8 Å². The molecule has 0 aliphatic rings. The highest BCUT2D eigenvalue weighted by atomic mass is 16.5. The number of aromatic nitrogens is 3. The summed E-state index contributed by atoms with van der Waals surface area (Å²) >= 11 is 0. The first-order valence-corrected chi connectivity index (χ1v) is 6.03. The second kappa shape index (κ2) is 4.65.